The van der Waals surface area contributed by atoms with Crippen LogP contribution < -0.4 is 4.74 Å². The molecule has 0 saturated carbocycles. The predicted octanol–water partition coefficient (Wildman–Crippen LogP) is 6.32. The minimum Gasteiger partial charge on any atom is -0.455 e. The molecule has 0 radical (unpaired) electrons. The average Bonchev–Trinajstić information content (AvgIpc) is 2.37. The second-order valence-corrected chi connectivity index (χ2v) is 5.17. The number of alkyl halides is 1. The zero-order valence-corrected chi connectivity index (χ0v) is 12.4. The summed E-state index contributed by atoms with van der Waals surface area (Å²) in [5, 5.41) is 0.950. The summed E-state index contributed by atoms with van der Waals surface area (Å²) in [6, 6.07) is 7.02. The Kier molecular flexibility index (Phi) is 4.80. The second-order valence-electron chi connectivity index (χ2n) is 3.68. The van der Waals surface area contributed by atoms with Crippen LogP contribution in [0.3, 0.4) is 0 Å². The zero-order chi connectivity index (χ0) is 14.0. The fourth-order valence-corrected chi connectivity index (χ4v) is 2.24. The van der Waals surface area contributed by atoms with Crippen molar-refractivity contribution in [2.45, 2.75) is 5.88 Å². The van der Waals surface area contributed by atoms with Gasteiger partial charge in [-0.25, -0.2) is 4.39 Å². The van der Waals surface area contributed by atoms with Gasteiger partial charge in [-0.3, -0.25) is 0 Å². The molecule has 0 aliphatic rings. The van der Waals surface area contributed by atoms with E-state index in [-0.39, 0.29) is 11.7 Å². The third kappa shape index (κ3) is 3.46. The Morgan fingerprint density at radius 3 is 2.26 bits per heavy atom. The lowest BCUT2D eigenvalue weighted by Gasteiger charge is -2.11. The van der Waals surface area contributed by atoms with E-state index >= 15 is 0 Å². The van der Waals surface area contributed by atoms with E-state index in [2.05, 4.69) is 0 Å². The van der Waals surface area contributed by atoms with Crippen LogP contribution in [0, 0.1) is 5.82 Å². The number of ether oxygens (including phenoxy) is 1. The highest BCUT2D eigenvalue weighted by Gasteiger charge is 2.11. The summed E-state index contributed by atoms with van der Waals surface area (Å²) in [4.78, 5) is 0. The molecule has 0 atom stereocenters. The van der Waals surface area contributed by atoms with Gasteiger partial charge in [-0.2, -0.15) is 0 Å². The van der Waals surface area contributed by atoms with Crippen LogP contribution in [0.15, 0.2) is 30.3 Å². The van der Waals surface area contributed by atoms with Gasteiger partial charge in [0.25, 0.3) is 0 Å². The molecule has 2 aromatic rings. The van der Waals surface area contributed by atoms with Crippen LogP contribution in [-0.2, 0) is 5.88 Å². The van der Waals surface area contributed by atoms with Gasteiger partial charge in [0, 0.05) is 11.6 Å². The molecule has 0 bridgehead atoms. The average molecular weight is 340 g/mol. The predicted molar refractivity (Wildman–Crippen MR) is 77.5 cm³/mol. The summed E-state index contributed by atoms with van der Waals surface area (Å²) in [7, 11) is 0. The van der Waals surface area contributed by atoms with Crippen LogP contribution in [0.25, 0.3) is 0 Å². The summed E-state index contributed by atoms with van der Waals surface area (Å²) in [6.07, 6.45) is 0. The molecular weight excluding hydrogens is 333 g/mol. The number of hydrogen-bond donors (Lipinski definition) is 0. The normalized spacial score (nSPS) is 10.6. The largest absolute Gasteiger partial charge is 0.455 e. The molecule has 0 aliphatic heterocycles. The van der Waals surface area contributed by atoms with Crippen molar-refractivity contribution in [3.8, 4) is 11.5 Å². The van der Waals surface area contributed by atoms with Crippen molar-refractivity contribution in [1.82, 2.24) is 0 Å². The Balaban J connectivity index is 2.39. The van der Waals surface area contributed by atoms with Gasteiger partial charge in [-0.1, -0.05) is 34.8 Å². The van der Waals surface area contributed by atoms with Gasteiger partial charge >= 0.3 is 0 Å². The number of rotatable bonds is 3. The lowest BCUT2D eigenvalue weighted by Crippen LogP contribution is -1.92. The van der Waals surface area contributed by atoms with Gasteiger partial charge in [0.05, 0.1) is 20.9 Å². The molecule has 19 heavy (non-hydrogen) atoms. The van der Waals surface area contributed by atoms with Crippen molar-refractivity contribution in [2.75, 3.05) is 0 Å². The van der Waals surface area contributed by atoms with Crippen LogP contribution in [0.5, 0.6) is 11.5 Å². The first-order chi connectivity index (χ1) is 9.01. The highest BCUT2D eigenvalue weighted by Crippen LogP contribution is 2.37. The number of hydrogen-bond acceptors (Lipinski definition) is 1. The van der Waals surface area contributed by atoms with Gasteiger partial charge in [0.1, 0.15) is 17.3 Å². The van der Waals surface area contributed by atoms with Crippen molar-refractivity contribution >= 4 is 46.4 Å². The third-order valence-corrected chi connectivity index (χ3v) is 3.67. The van der Waals surface area contributed by atoms with E-state index in [1.54, 1.807) is 0 Å². The Morgan fingerprint density at radius 1 is 0.895 bits per heavy atom. The summed E-state index contributed by atoms with van der Waals surface area (Å²) in [5.74, 6) is 0.473. The second kappa shape index (κ2) is 6.19. The third-order valence-electron chi connectivity index (χ3n) is 2.36. The first-order valence-corrected chi connectivity index (χ1v) is 6.85. The van der Waals surface area contributed by atoms with Crippen LogP contribution in [0.4, 0.5) is 4.39 Å². The van der Waals surface area contributed by atoms with Crippen molar-refractivity contribution in [2.24, 2.45) is 0 Å². The van der Waals surface area contributed by atoms with Crippen LogP contribution >= 0.6 is 46.4 Å². The van der Waals surface area contributed by atoms with Gasteiger partial charge in [-0.05, 0) is 24.3 Å². The maximum absolute atomic E-state index is 13.1. The number of benzene rings is 2. The lowest BCUT2D eigenvalue weighted by molar-refractivity contribution is 0.476. The van der Waals surface area contributed by atoms with E-state index in [1.807, 2.05) is 0 Å². The summed E-state index contributed by atoms with van der Waals surface area (Å²) < 4.78 is 18.7. The first kappa shape index (κ1) is 14.7. The summed E-state index contributed by atoms with van der Waals surface area (Å²) in [5.41, 5.74) is 0.517. The monoisotopic (exact) mass is 338 g/mol. The Labute approximate surface area is 129 Å². The number of halogens is 5. The molecule has 0 N–H and O–H groups in total. The molecule has 0 aromatic heterocycles. The first-order valence-electron chi connectivity index (χ1n) is 5.18. The minimum atomic E-state index is -0.386. The highest BCUT2D eigenvalue weighted by molar-refractivity contribution is 6.43. The molecule has 2 aromatic carbocycles. The molecule has 6 heteroatoms. The van der Waals surface area contributed by atoms with Crippen molar-refractivity contribution < 1.29 is 9.13 Å². The van der Waals surface area contributed by atoms with E-state index in [0.717, 1.165) is 0 Å². The van der Waals surface area contributed by atoms with Crippen molar-refractivity contribution in [3.63, 3.8) is 0 Å². The fourth-order valence-electron chi connectivity index (χ4n) is 1.45. The highest BCUT2D eigenvalue weighted by atomic mass is 35.5. The molecule has 0 saturated heterocycles. The molecule has 0 unspecified atom stereocenters. The maximum atomic E-state index is 13.1. The minimum absolute atomic E-state index is 0.117. The van der Waals surface area contributed by atoms with E-state index < -0.39 is 0 Å². The Bertz CT molecular complexity index is 616. The van der Waals surface area contributed by atoms with E-state index in [0.29, 0.717) is 32.1 Å². The quantitative estimate of drug-likeness (QED) is 0.469. The molecular formula is C13H7Cl4FO. The van der Waals surface area contributed by atoms with Crippen LogP contribution in [-0.4, -0.2) is 0 Å². The Morgan fingerprint density at radius 2 is 1.58 bits per heavy atom. The maximum Gasteiger partial charge on any atom is 0.147 e. The van der Waals surface area contributed by atoms with Gasteiger partial charge < -0.3 is 4.74 Å². The molecule has 0 amide bonds. The van der Waals surface area contributed by atoms with E-state index in [9.17, 15) is 4.39 Å². The van der Waals surface area contributed by atoms with Crippen LogP contribution in [0.1, 0.15) is 5.56 Å². The molecule has 0 heterocycles. The SMILES string of the molecule is Fc1ccc(Oc2cc(Cl)c(Cl)cc2Cl)c(CCl)c1. The van der Waals surface area contributed by atoms with Gasteiger partial charge in [-0.15, -0.1) is 11.6 Å². The smallest absolute Gasteiger partial charge is 0.147 e. The van der Waals surface area contributed by atoms with E-state index in [4.69, 9.17) is 51.1 Å². The zero-order valence-electron chi connectivity index (χ0n) is 9.39. The van der Waals surface area contributed by atoms with E-state index in [1.165, 1.54) is 30.3 Å². The molecule has 0 spiro atoms. The topological polar surface area (TPSA) is 9.23 Å². The summed E-state index contributed by atoms with van der Waals surface area (Å²) in [6.45, 7) is 0. The lowest BCUT2D eigenvalue weighted by atomic mass is 10.2. The molecule has 0 aliphatic carbocycles. The van der Waals surface area contributed by atoms with Gasteiger partial charge in [0.2, 0.25) is 0 Å². The fraction of sp³-hybridized carbons (Fsp3) is 0.0769. The van der Waals surface area contributed by atoms with Gasteiger partial charge in [0.15, 0.2) is 0 Å². The van der Waals surface area contributed by atoms with Crippen LogP contribution in [0.2, 0.25) is 15.1 Å². The molecule has 2 rings (SSSR count). The van der Waals surface area contributed by atoms with Crippen molar-refractivity contribution in [3.05, 3.63) is 56.8 Å². The molecule has 0 fully saturated rings. The van der Waals surface area contributed by atoms with Crippen molar-refractivity contribution in [1.29, 1.82) is 0 Å². The standard InChI is InChI=1S/C13H7Cl4FO/c14-6-7-3-8(18)1-2-12(7)19-13-5-10(16)9(15)4-11(13)17/h1-5H,6H2. The Hall–Kier alpha value is -0.670. The molecule has 1 nitrogen and oxygen atoms in total. The molecule has 100 valence electrons. The summed E-state index contributed by atoms with van der Waals surface area (Å²) >= 11 is 23.5.